The molecule has 1 aromatic carbocycles. The molecule has 2 N–H and O–H groups in total. The smallest absolute Gasteiger partial charge is 0.345 e. The van der Waals surface area contributed by atoms with Crippen molar-refractivity contribution in [3.05, 3.63) is 80.6 Å². The van der Waals surface area contributed by atoms with Crippen molar-refractivity contribution in [2.24, 2.45) is 0 Å². The summed E-state index contributed by atoms with van der Waals surface area (Å²) >= 11 is 0.985. The predicted molar refractivity (Wildman–Crippen MR) is 120 cm³/mol. The summed E-state index contributed by atoms with van der Waals surface area (Å²) in [6, 6.07) is 9.09. The highest BCUT2D eigenvalue weighted by atomic mass is 32.1. The number of nitrogens with one attached hydrogen (secondary N) is 1. The summed E-state index contributed by atoms with van der Waals surface area (Å²) in [5.41, 5.74) is 1.82. The third-order valence-electron chi connectivity index (χ3n) is 5.03. The molecular formula is C24H24FNO6S. The van der Waals surface area contributed by atoms with Gasteiger partial charge in [0.15, 0.2) is 0 Å². The van der Waals surface area contributed by atoms with E-state index >= 15 is 0 Å². The number of esters is 2. The number of carbonyl (C=O) groups is 3. The number of benzene rings is 1. The Labute approximate surface area is 194 Å². The molecule has 9 heteroatoms. The molecule has 0 saturated carbocycles. The van der Waals surface area contributed by atoms with Crippen LogP contribution in [0.4, 0.5) is 4.39 Å². The van der Waals surface area contributed by atoms with Gasteiger partial charge in [0.1, 0.15) is 10.7 Å². The summed E-state index contributed by atoms with van der Waals surface area (Å²) in [6.45, 7) is 3.62. The van der Waals surface area contributed by atoms with E-state index in [9.17, 15) is 23.9 Å². The third-order valence-corrected chi connectivity index (χ3v) is 6.17. The minimum Gasteiger partial charge on any atom is -0.477 e. The zero-order valence-corrected chi connectivity index (χ0v) is 19.0. The van der Waals surface area contributed by atoms with Crippen LogP contribution in [-0.4, -0.2) is 36.2 Å². The molecule has 174 valence electrons. The quantitative estimate of drug-likeness (QED) is 0.527. The molecule has 1 unspecified atom stereocenters. The monoisotopic (exact) mass is 473 g/mol. The fourth-order valence-electron chi connectivity index (χ4n) is 3.54. The Hall–Kier alpha value is -3.46. The first-order valence-electron chi connectivity index (χ1n) is 10.5. The van der Waals surface area contributed by atoms with E-state index in [0.29, 0.717) is 23.4 Å². The van der Waals surface area contributed by atoms with Crippen LogP contribution in [0.15, 0.2) is 59.4 Å². The number of dihydropyridines is 1. The molecule has 0 fully saturated rings. The van der Waals surface area contributed by atoms with Crippen LogP contribution in [0.25, 0.3) is 0 Å². The number of aromatic carboxylic acids is 1. The van der Waals surface area contributed by atoms with Gasteiger partial charge in [-0.2, -0.15) is 0 Å². The largest absolute Gasteiger partial charge is 0.477 e. The Kier molecular flexibility index (Phi) is 8.00. The topological polar surface area (TPSA) is 102 Å². The molecule has 7 nitrogen and oxygen atoms in total. The molecule has 2 aromatic rings. The number of rotatable bonds is 9. The van der Waals surface area contributed by atoms with E-state index in [-0.39, 0.29) is 35.1 Å². The van der Waals surface area contributed by atoms with E-state index in [1.807, 2.05) is 0 Å². The molecule has 3 rings (SSSR count). The number of hydrogen-bond donors (Lipinski definition) is 2. The van der Waals surface area contributed by atoms with Gasteiger partial charge in [0, 0.05) is 16.8 Å². The Bertz CT molecular complexity index is 1100. The van der Waals surface area contributed by atoms with Crippen LogP contribution < -0.4 is 5.32 Å². The minimum atomic E-state index is -1.10. The first-order valence-corrected chi connectivity index (χ1v) is 11.3. The highest BCUT2D eigenvalue weighted by molar-refractivity contribution is 7.14. The van der Waals surface area contributed by atoms with Gasteiger partial charge in [-0.05, 0) is 56.5 Å². The Morgan fingerprint density at radius 1 is 1.00 bits per heavy atom. The standard InChI is InChI=1S/C24H24FNO6S/c1-3-31-23(29)16-13-26-17(10-7-14-5-8-15(25)9-6-14)21(24(30)32-4-2)20(16)18-11-12-19(33-18)22(27)28/h5-6,8-9,11-13,20,26H,3-4,7,10H2,1-2H3,(H,27,28). The molecule has 0 aliphatic carbocycles. The minimum absolute atomic E-state index is 0.0859. The second kappa shape index (κ2) is 10.9. The molecule has 1 aliphatic heterocycles. The van der Waals surface area contributed by atoms with Gasteiger partial charge in [-0.3, -0.25) is 0 Å². The predicted octanol–water partition coefficient (Wildman–Crippen LogP) is 4.17. The molecular weight excluding hydrogens is 449 g/mol. The maximum Gasteiger partial charge on any atom is 0.345 e. The van der Waals surface area contributed by atoms with Gasteiger partial charge in [-0.15, -0.1) is 11.3 Å². The molecule has 2 heterocycles. The van der Waals surface area contributed by atoms with E-state index in [1.54, 1.807) is 32.0 Å². The zero-order chi connectivity index (χ0) is 24.0. The van der Waals surface area contributed by atoms with Gasteiger partial charge in [-0.25, -0.2) is 18.8 Å². The molecule has 1 aromatic heterocycles. The van der Waals surface area contributed by atoms with Gasteiger partial charge in [0.25, 0.3) is 0 Å². The Morgan fingerprint density at radius 2 is 1.67 bits per heavy atom. The number of thiophene rings is 1. The van der Waals surface area contributed by atoms with E-state index in [1.165, 1.54) is 24.4 Å². The summed E-state index contributed by atoms with van der Waals surface area (Å²) in [5.74, 6) is -3.50. The number of allylic oxidation sites excluding steroid dienone is 1. The van der Waals surface area contributed by atoms with Gasteiger partial charge >= 0.3 is 17.9 Å². The van der Waals surface area contributed by atoms with E-state index in [4.69, 9.17) is 9.47 Å². The van der Waals surface area contributed by atoms with Crippen molar-refractivity contribution >= 4 is 29.2 Å². The molecule has 0 amide bonds. The molecule has 0 spiro atoms. The van der Waals surface area contributed by atoms with Crippen LogP contribution in [0.3, 0.4) is 0 Å². The summed E-state index contributed by atoms with van der Waals surface area (Å²) in [6.07, 6.45) is 2.39. The third kappa shape index (κ3) is 5.67. The van der Waals surface area contributed by atoms with Gasteiger partial charge in [0.2, 0.25) is 0 Å². The van der Waals surface area contributed by atoms with Crippen molar-refractivity contribution in [3.8, 4) is 0 Å². The number of aryl methyl sites for hydroxylation is 1. The highest BCUT2D eigenvalue weighted by Gasteiger charge is 2.37. The fraction of sp³-hybridized carbons (Fsp3) is 0.292. The zero-order valence-electron chi connectivity index (χ0n) is 18.2. The average Bonchev–Trinajstić information content (AvgIpc) is 3.29. The first kappa shape index (κ1) is 24.2. The molecule has 0 radical (unpaired) electrons. The van der Waals surface area contributed by atoms with Crippen LogP contribution in [-0.2, 0) is 25.5 Å². The van der Waals surface area contributed by atoms with Crippen LogP contribution in [0.1, 0.15) is 46.3 Å². The van der Waals surface area contributed by atoms with Crippen molar-refractivity contribution in [3.63, 3.8) is 0 Å². The number of carboxylic acids is 1. The first-order chi connectivity index (χ1) is 15.8. The number of carbonyl (C=O) groups excluding carboxylic acids is 2. The van der Waals surface area contributed by atoms with Crippen molar-refractivity contribution in [1.82, 2.24) is 5.32 Å². The number of halogens is 1. The van der Waals surface area contributed by atoms with Crippen LogP contribution in [0, 0.1) is 5.82 Å². The van der Waals surface area contributed by atoms with Crippen LogP contribution in [0.5, 0.6) is 0 Å². The summed E-state index contributed by atoms with van der Waals surface area (Å²) < 4.78 is 23.7. The summed E-state index contributed by atoms with van der Waals surface area (Å²) in [7, 11) is 0. The SMILES string of the molecule is CCOC(=O)C1=CNC(CCc2ccc(F)cc2)=C(C(=O)OCC)C1c1ccc(C(=O)O)s1. The van der Waals surface area contributed by atoms with Gasteiger partial charge in [0.05, 0.1) is 30.3 Å². The van der Waals surface area contributed by atoms with Crippen molar-refractivity contribution in [1.29, 1.82) is 0 Å². The van der Waals surface area contributed by atoms with Gasteiger partial charge < -0.3 is 19.9 Å². The number of hydrogen-bond acceptors (Lipinski definition) is 7. The molecule has 1 aliphatic rings. The van der Waals surface area contributed by atoms with Gasteiger partial charge in [-0.1, -0.05) is 12.1 Å². The Morgan fingerprint density at radius 3 is 2.27 bits per heavy atom. The van der Waals surface area contributed by atoms with Crippen molar-refractivity contribution in [2.75, 3.05) is 13.2 Å². The maximum absolute atomic E-state index is 13.2. The van der Waals surface area contributed by atoms with Crippen molar-refractivity contribution in [2.45, 2.75) is 32.6 Å². The summed E-state index contributed by atoms with van der Waals surface area (Å²) in [4.78, 5) is 37.8. The molecule has 1 atom stereocenters. The van der Waals surface area contributed by atoms with Crippen LogP contribution >= 0.6 is 11.3 Å². The molecule has 0 bridgehead atoms. The maximum atomic E-state index is 13.2. The van der Waals surface area contributed by atoms with E-state index < -0.39 is 23.8 Å². The molecule has 0 saturated heterocycles. The lowest BCUT2D eigenvalue weighted by molar-refractivity contribution is -0.139. The van der Waals surface area contributed by atoms with E-state index in [2.05, 4.69) is 5.32 Å². The second-order valence-electron chi connectivity index (χ2n) is 7.14. The normalized spacial score (nSPS) is 15.5. The summed E-state index contributed by atoms with van der Waals surface area (Å²) in [5, 5.41) is 12.4. The second-order valence-corrected chi connectivity index (χ2v) is 8.26. The lowest BCUT2D eigenvalue weighted by Gasteiger charge is -2.28. The van der Waals surface area contributed by atoms with E-state index in [0.717, 1.165) is 16.9 Å². The van der Waals surface area contributed by atoms with Crippen molar-refractivity contribution < 1.29 is 33.4 Å². The average molecular weight is 474 g/mol. The molecule has 33 heavy (non-hydrogen) atoms. The highest BCUT2D eigenvalue weighted by Crippen LogP contribution is 2.41. The Balaban J connectivity index is 2.05. The number of ether oxygens (including phenoxy) is 2. The van der Waals surface area contributed by atoms with Crippen LogP contribution in [0.2, 0.25) is 0 Å². The number of carboxylic acid groups (broad SMARTS) is 1. The fourth-order valence-corrected chi connectivity index (χ4v) is 4.52. The lowest BCUT2D eigenvalue weighted by atomic mass is 9.85. The lowest BCUT2D eigenvalue weighted by Crippen LogP contribution is -2.30.